The Morgan fingerprint density at radius 3 is 2.52 bits per heavy atom. The molecule has 1 atom stereocenters. The fourth-order valence-electron chi connectivity index (χ4n) is 4.02. The first-order chi connectivity index (χ1) is 12.0. The largest absolute Gasteiger partial charge is 0.340 e. The van der Waals surface area contributed by atoms with Crippen LogP contribution in [0, 0.1) is 12.8 Å². The Morgan fingerprint density at radius 2 is 1.88 bits per heavy atom. The van der Waals surface area contributed by atoms with Crippen molar-refractivity contribution >= 4 is 17.5 Å². The number of hydrogen-bond donors (Lipinski definition) is 0. The van der Waals surface area contributed by atoms with Crippen molar-refractivity contribution in [3.05, 3.63) is 29.3 Å². The third-order valence-corrected chi connectivity index (χ3v) is 5.58. The standard InChI is InChI=1S/C20H29N3O2/c1-4-16-8-6-7-15(3)19(16)23-14-17(13-18(23)24)20(25)22-11-9-21(5-2)10-12-22/h6-8,17H,4-5,9-14H2,1-3H3. The lowest BCUT2D eigenvalue weighted by Crippen LogP contribution is -2.50. The normalized spacial score (nSPS) is 21.9. The third-order valence-electron chi connectivity index (χ3n) is 5.58. The fraction of sp³-hybridized carbons (Fsp3) is 0.600. The third kappa shape index (κ3) is 3.56. The molecule has 0 saturated carbocycles. The van der Waals surface area contributed by atoms with E-state index < -0.39 is 0 Å². The van der Waals surface area contributed by atoms with Crippen LogP contribution in [0.3, 0.4) is 0 Å². The molecule has 2 aliphatic heterocycles. The van der Waals surface area contributed by atoms with Crippen LogP contribution < -0.4 is 4.90 Å². The molecule has 0 spiro atoms. The van der Waals surface area contributed by atoms with Crippen LogP contribution in [0.4, 0.5) is 5.69 Å². The summed E-state index contributed by atoms with van der Waals surface area (Å²) >= 11 is 0. The van der Waals surface area contributed by atoms with Crippen molar-refractivity contribution in [2.75, 3.05) is 44.2 Å². The lowest BCUT2D eigenvalue weighted by molar-refractivity contribution is -0.137. The average molecular weight is 343 g/mol. The van der Waals surface area contributed by atoms with Crippen LogP contribution in [0.15, 0.2) is 18.2 Å². The molecule has 2 saturated heterocycles. The van der Waals surface area contributed by atoms with Crippen LogP contribution in [0.2, 0.25) is 0 Å². The minimum Gasteiger partial charge on any atom is -0.340 e. The maximum Gasteiger partial charge on any atom is 0.228 e. The van der Waals surface area contributed by atoms with E-state index in [0.29, 0.717) is 13.0 Å². The first kappa shape index (κ1) is 17.9. The van der Waals surface area contributed by atoms with Crippen molar-refractivity contribution in [2.45, 2.75) is 33.6 Å². The summed E-state index contributed by atoms with van der Waals surface area (Å²) < 4.78 is 0. The molecule has 0 radical (unpaired) electrons. The maximum atomic E-state index is 12.9. The van der Waals surface area contributed by atoms with E-state index in [0.717, 1.165) is 50.4 Å². The molecule has 0 N–H and O–H groups in total. The van der Waals surface area contributed by atoms with Gasteiger partial charge < -0.3 is 14.7 Å². The van der Waals surface area contributed by atoms with Gasteiger partial charge in [-0.1, -0.05) is 32.0 Å². The minimum atomic E-state index is -0.204. The predicted molar refractivity (Wildman–Crippen MR) is 99.7 cm³/mol. The van der Waals surface area contributed by atoms with Gasteiger partial charge in [-0.05, 0) is 31.0 Å². The molecule has 1 aromatic rings. The highest BCUT2D eigenvalue weighted by molar-refractivity contribution is 6.01. The molecule has 3 rings (SSSR count). The van der Waals surface area contributed by atoms with Crippen LogP contribution in [0.1, 0.15) is 31.4 Å². The Hall–Kier alpha value is -1.88. The highest BCUT2D eigenvalue weighted by Crippen LogP contribution is 2.32. The van der Waals surface area contributed by atoms with E-state index in [1.165, 1.54) is 5.56 Å². The van der Waals surface area contributed by atoms with Crippen molar-refractivity contribution in [3.8, 4) is 0 Å². The number of likely N-dealkylation sites (N-methyl/N-ethyl adjacent to an activating group) is 1. The molecule has 136 valence electrons. The monoisotopic (exact) mass is 343 g/mol. The lowest BCUT2D eigenvalue weighted by Gasteiger charge is -2.35. The summed E-state index contributed by atoms with van der Waals surface area (Å²) in [5, 5.41) is 0. The van der Waals surface area contributed by atoms with Gasteiger partial charge in [0.25, 0.3) is 0 Å². The second-order valence-electron chi connectivity index (χ2n) is 7.10. The molecule has 5 nitrogen and oxygen atoms in total. The Labute approximate surface area is 150 Å². The molecule has 5 heteroatoms. The van der Waals surface area contributed by atoms with Crippen LogP contribution in [0.5, 0.6) is 0 Å². The molecule has 2 amide bonds. The van der Waals surface area contributed by atoms with E-state index in [4.69, 9.17) is 0 Å². The molecule has 25 heavy (non-hydrogen) atoms. The van der Waals surface area contributed by atoms with Gasteiger partial charge in [-0.2, -0.15) is 0 Å². The van der Waals surface area contributed by atoms with Crippen LogP contribution >= 0.6 is 0 Å². The summed E-state index contributed by atoms with van der Waals surface area (Å²) in [6.07, 6.45) is 1.22. The predicted octanol–water partition coefficient (Wildman–Crippen LogP) is 2.07. The number of hydrogen-bond acceptors (Lipinski definition) is 3. The molecular formula is C20H29N3O2. The number of piperazine rings is 1. The first-order valence-corrected chi connectivity index (χ1v) is 9.45. The molecule has 2 aliphatic rings. The van der Waals surface area contributed by atoms with Crippen molar-refractivity contribution < 1.29 is 9.59 Å². The first-order valence-electron chi connectivity index (χ1n) is 9.45. The quantitative estimate of drug-likeness (QED) is 0.841. The summed E-state index contributed by atoms with van der Waals surface area (Å²) in [4.78, 5) is 31.7. The van der Waals surface area contributed by atoms with Gasteiger partial charge in [0.1, 0.15) is 0 Å². The number of anilines is 1. The van der Waals surface area contributed by atoms with Gasteiger partial charge in [0.15, 0.2) is 0 Å². The zero-order valence-electron chi connectivity index (χ0n) is 15.6. The van der Waals surface area contributed by atoms with Crippen molar-refractivity contribution in [1.82, 2.24) is 9.80 Å². The van der Waals surface area contributed by atoms with Gasteiger partial charge in [0, 0.05) is 44.8 Å². The number of amides is 2. The number of rotatable bonds is 4. The Morgan fingerprint density at radius 1 is 1.16 bits per heavy atom. The molecule has 2 fully saturated rings. The van der Waals surface area contributed by atoms with Gasteiger partial charge in [0.05, 0.1) is 5.92 Å². The zero-order valence-corrected chi connectivity index (χ0v) is 15.6. The van der Waals surface area contributed by atoms with Crippen LogP contribution in [0.25, 0.3) is 0 Å². The summed E-state index contributed by atoms with van der Waals surface area (Å²) in [5.74, 6) is 0.0257. The minimum absolute atomic E-state index is 0.0783. The Kier molecular flexibility index (Phi) is 5.42. The van der Waals surface area contributed by atoms with E-state index in [1.807, 2.05) is 28.9 Å². The summed E-state index contributed by atoms with van der Waals surface area (Å²) in [5.41, 5.74) is 3.30. The Bertz CT molecular complexity index is 650. The summed E-state index contributed by atoms with van der Waals surface area (Å²) in [6.45, 7) is 11.3. The summed E-state index contributed by atoms with van der Waals surface area (Å²) in [7, 11) is 0. The maximum absolute atomic E-state index is 12.9. The van der Waals surface area contributed by atoms with E-state index in [-0.39, 0.29) is 17.7 Å². The molecule has 1 unspecified atom stereocenters. The SMILES string of the molecule is CCc1cccc(C)c1N1CC(C(=O)N2CCN(CC)CC2)CC1=O. The number of nitrogens with zero attached hydrogens (tertiary/aromatic N) is 3. The zero-order chi connectivity index (χ0) is 18.0. The smallest absolute Gasteiger partial charge is 0.228 e. The number of para-hydroxylation sites is 1. The van der Waals surface area contributed by atoms with Gasteiger partial charge in [-0.25, -0.2) is 0 Å². The van der Waals surface area contributed by atoms with Crippen LogP contribution in [-0.4, -0.2) is 60.9 Å². The number of carbonyl (C=O) groups is 2. The van der Waals surface area contributed by atoms with E-state index >= 15 is 0 Å². The number of carbonyl (C=O) groups excluding carboxylic acids is 2. The highest BCUT2D eigenvalue weighted by Gasteiger charge is 2.38. The Balaban J connectivity index is 1.72. The molecule has 0 aliphatic carbocycles. The fourth-order valence-corrected chi connectivity index (χ4v) is 4.02. The van der Waals surface area contributed by atoms with Gasteiger partial charge in [-0.3, -0.25) is 9.59 Å². The van der Waals surface area contributed by atoms with Gasteiger partial charge in [-0.15, -0.1) is 0 Å². The molecule has 0 aromatic heterocycles. The highest BCUT2D eigenvalue weighted by atomic mass is 16.2. The van der Waals surface area contributed by atoms with E-state index in [2.05, 4.69) is 24.8 Å². The van der Waals surface area contributed by atoms with Gasteiger partial charge >= 0.3 is 0 Å². The molecule has 0 bridgehead atoms. The van der Waals surface area contributed by atoms with Crippen molar-refractivity contribution in [1.29, 1.82) is 0 Å². The second-order valence-corrected chi connectivity index (χ2v) is 7.10. The van der Waals surface area contributed by atoms with E-state index in [1.54, 1.807) is 0 Å². The molecule has 1 aromatic carbocycles. The van der Waals surface area contributed by atoms with E-state index in [9.17, 15) is 9.59 Å². The van der Waals surface area contributed by atoms with Gasteiger partial charge in [0.2, 0.25) is 11.8 Å². The second kappa shape index (κ2) is 7.56. The lowest BCUT2D eigenvalue weighted by atomic mass is 10.0. The molecule has 2 heterocycles. The van der Waals surface area contributed by atoms with Crippen molar-refractivity contribution in [2.24, 2.45) is 5.92 Å². The number of benzene rings is 1. The topological polar surface area (TPSA) is 43.9 Å². The number of aryl methyl sites for hydroxylation is 2. The average Bonchev–Trinajstić information content (AvgIpc) is 3.02. The van der Waals surface area contributed by atoms with Crippen LogP contribution in [-0.2, 0) is 16.0 Å². The molecular weight excluding hydrogens is 314 g/mol. The van der Waals surface area contributed by atoms with Crippen molar-refractivity contribution in [3.63, 3.8) is 0 Å². The summed E-state index contributed by atoms with van der Waals surface area (Å²) in [6, 6.07) is 6.16.